The normalized spacial score (nSPS) is 19.3. The summed E-state index contributed by atoms with van der Waals surface area (Å²) >= 11 is 1.62. The first-order valence-electron chi connectivity index (χ1n) is 12.6. The van der Waals surface area contributed by atoms with Crippen LogP contribution in [0.2, 0.25) is 0 Å². The lowest BCUT2D eigenvalue weighted by Gasteiger charge is -2.39. The molecule has 1 saturated carbocycles. The summed E-state index contributed by atoms with van der Waals surface area (Å²) in [4.78, 5) is 34.0. The van der Waals surface area contributed by atoms with Gasteiger partial charge < -0.3 is 21.0 Å². The molecule has 2 atom stereocenters. The second-order valence-corrected chi connectivity index (χ2v) is 11.8. The van der Waals surface area contributed by atoms with Crippen molar-refractivity contribution in [2.24, 2.45) is 22.9 Å². The minimum Gasteiger partial charge on any atom is -0.401 e. The number of hydrogen-bond donors (Lipinski definition) is 3. The van der Waals surface area contributed by atoms with Gasteiger partial charge in [0.15, 0.2) is 0 Å². The molecule has 9 heteroatoms. The van der Waals surface area contributed by atoms with Crippen molar-refractivity contribution in [3.05, 3.63) is 52.9 Å². The highest BCUT2D eigenvalue weighted by atomic mass is 32.1. The van der Waals surface area contributed by atoms with Crippen LogP contribution in [-0.2, 0) is 16.1 Å². The Balaban J connectivity index is 1.41. The molecule has 0 spiro atoms. The third-order valence-corrected chi connectivity index (χ3v) is 7.94. The molecule has 1 aromatic carbocycles. The van der Waals surface area contributed by atoms with Crippen molar-refractivity contribution in [1.29, 1.82) is 0 Å². The van der Waals surface area contributed by atoms with Gasteiger partial charge in [0.05, 0.1) is 16.1 Å². The molecule has 2 fully saturated rings. The average molecular weight is 511 g/mol. The number of thiazole rings is 1. The molecular formula is C27H38N6O2S. The molecule has 0 bridgehead atoms. The SMILES string of the molecule is Cc1ncsc1-c1ccc(CNC(=O)C2CCCN2C(=O)[C@@H](N(N)/C=C(\N)C2CC2)C(C)(C)C)cc1. The number of nitrogens with two attached hydrogens (primary N) is 2. The summed E-state index contributed by atoms with van der Waals surface area (Å²) in [6.45, 7) is 8.91. The summed E-state index contributed by atoms with van der Waals surface area (Å²) in [5, 5.41) is 4.49. The number of aromatic nitrogens is 1. The van der Waals surface area contributed by atoms with Crippen molar-refractivity contribution in [1.82, 2.24) is 20.2 Å². The Labute approximate surface area is 217 Å². The highest BCUT2D eigenvalue weighted by Gasteiger charge is 2.43. The molecule has 1 aliphatic heterocycles. The predicted molar refractivity (Wildman–Crippen MR) is 143 cm³/mol. The highest BCUT2D eigenvalue weighted by molar-refractivity contribution is 7.13. The maximum absolute atomic E-state index is 13.7. The number of hydrazine groups is 1. The number of nitrogens with one attached hydrogen (secondary N) is 1. The molecule has 1 aliphatic carbocycles. The van der Waals surface area contributed by atoms with Gasteiger partial charge in [0.1, 0.15) is 12.1 Å². The quantitative estimate of drug-likeness (QED) is 0.369. The van der Waals surface area contributed by atoms with Crippen LogP contribution in [0.1, 0.15) is 57.7 Å². The largest absolute Gasteiger partial charge is 0.401 e. The zero-order valence-electron chi connectivity index (χ0n) is 21.7. The van der Waals surface area contributed by atoms with E-state index < -0.39 is 17.5 Å². The number of hydrogen-bond acceptors (Lipinski definition) is 7. The molecular weight excluding hydrogens is 472 g/mol. The number of benzene rings is 1. The molecule has 1 unspecified atom stereocenters. The maximum Gasteiger partial charge on any atom is 0.248 e. The lowest BCUT2D eigenvalue weighted by molar-refractivity contribution is -0.145. The molecule has 4 rings (SSSR count). The summed E-state index contributed by atoms with van der Waals surface area (Å²) in [6, 6.07) is 7.02. The lowest BCUT2D eigenvalue weighted by atomic mass is 9.85. The molecule has 2 amide bonds. The van der Waals surface area contributed by atoms with Gasteiger partial charge >= 0.3 is 0 Å². The number of carbonyl (C=O) groups excluding carboxylic acids is 2. The van der Waals surface area contributed by atoms with Crippen LogP contribution >= 0.6 is 11.3 Å². The van der Waals surface area contributed by atoms with Crippen molar-refractivity contribution >= 4 is 23.2 Å². The highest BCUT2D eigenvalue weighted by Crippen LogP contribution is 2.35. The summed E-state index contributed by atoms with van der Waals surface area (Å²) in [7, 11) is 0. The van der Waals surface area contributed by atoms with Gasteiger partial charge in [0.2, 0.25) is 11.8 Å². The van der Waals surface area contributed by atoms with Crippen LogP contribution in [0, 0.1) is 18.3 Å². The minimum absolute atomic E-state index is 0.132. The van der Waals surface area contributed by atoms with Crippen LogP contribution in [0.15, 0.2) is 41.7 Å². The third kappa shape index (κ3) is 5.90. The second kappa shape index (κ2) is 10.6. The number of rotatable bonds is 8. The average Bonchev–Trinajstić information content (AvgIpc) is 3.40. The van der Waals surface area contributed by atoms with E-state index in [-0.39, 0.29) is 11.8 Å². The van der Waals surface area contributed by atoms with Gasteiger partial charge in [-0.1, -0.05) is 45.0 Å². The Hall–Kier alpha value is -2.91. The van der Waals surface area contributed by atoms with Crippen LogP contribution < -0.4 is 16.9 Å². The Bertz CT molecular complexity index is 1120. The van der Waals surface area contributed by atoms with Gasteiger partial charge in [0, 0.05) is 30.9 Å². The number of nitrogens with zero attached hydrogens (tertiary/aromatic N) is 3. The van der Waals surface area contributed by atoms with Gasteiger partial charge in [-0.05, 0) is 49.1 Å². The molecule has 0 radical (unpaired) electrons. The number of likely N-dealkylation sites (tertiary alicyclic amines) is 1. The minimum atomic E-state index is -0.619. The Morgan fingerprint density at radius 3 is 2.53 bits per heavy atom. The summed E-state index contributed by atoms with van der Waals surface area (Å²) in [5.41, 5.74) is 11.4. The van der Waals surface area contributed by atoms with E-state index in [1.807, 2.05) is 45.3 Å². The van der Waals surface area contributed by atoms with Gasteiger partial charge in [-0.15, -0.1) is 11.3 Å². The summed E-state index contributed by atoms with van der Waals surface area (Å²) in [5.74, 6) is 6.47. The third-order valence-electron chi connectivity index (χ3n) is 6.97. The van der Waals surface area contributed by atoms with Gasteiger partial charge in [0.25, 0.3) is 0 Å². The topological polar surface area (TPSA) is 118 Å². The Morgan fingerprint density at radius 2 is 1.94 bits per heavy atom. The zero-order chi connectivity index (χ0) is 26.0. The molecule has 2 aromatic rings. The van der Waals surface area contributed by atoms with E-state index in [4.69, 9.17) is 11.6 Å². The second-order valence-electron chi connectivity index (χ2n) is 11.0. The molecule has 194 valence electrons. The van der Waals surface area contributed by atoms with Crippen molar-refractivity contribution in [3.8, 4) is 10.4 Å². The fourth-order valence-electron chi connectivity index (χ4n) is 4.83. The van der Waals surface area contributed by atoms with E-state index in [9.17, 15) is 9.59 Å². The van der Waals surface area contributed by atoms with Crippen LogP contribution in [0.25, 0.3) is 10.4 Å². The fourth-order valence-corrected chi connectivity index (χ4v) is 5.65. The predicted octanol–water partition coefficient (Wildman–Crippen LogP) is 3.53. The number of amides is 2. The monoisotopic (exact) mass is 510 g/mol. The van der Waals surface area contributed by atoms with Crippen molar-refractivity contribution in [2.45, 2.75) is 72.0 Å². The first-order chi connectivity index (χ1) is 17.1. The first kappa shape index (κ1) is 26.2. The van der Waals surface area contributed by atoms with Gasteiger partial charge in [-0.3, -0.25) is 9.59 Å². The number of carbonyl (C=O) groups is 2. The zero-order valence-corrected chi connectivity index (χ0v) is 22.5. The smallest absolute Gasteiger partial charge is 0.248 e. The van der Waals surface area contributed by atoms with Gasteiger partial charge in [-0.25, -0.2) is 10.8 Å². The summed E-state index contributed by atoms with van der Waals surface area (Å²) in [6.07, 6.45) is 5.25. The Morgan fingerprint density at radius 1 is 1.25 bits per heavy atom. The van der Waals surface area contributed by atoms with E-state index >= 15 is 0 Å². The molecule has 1 aromatic heterocycles. The molecule has 1 saturated heterocycles. The maximum atomic E-state index is 13.7. The van der Waals surface area contributed by atoms with E-state index in [2.05, 4.69) is 22.4 Å². The van der Waals surface area contributed by atoms with Crippen LogP contribution in [-0.4, -0.2) is 45.3 Å². The van der Waals surface area contributed by atoms with E-state index in [0.717, 1.165) is 41.0 Å². The fraction of sp³-hybridized carbons (Fsp3) is 0.519. The van der Waals surface area contributed by atoms with Crippen LogP contribution in [0.5, 0.6) is 0 Å². The first-order valence-corrected chi connectivity index (χ1v) is 13.5. The van der Waals surface area contributed by atoms with E-state index in [1.165, 1.54) is 5.01 Å². The Kier molecular flexibility index (Phi) is 7.70. The van der Waals surface area contributed by atoms with E-state index in [1.54, 1.807) is 22.4 Å². The van der Waals surface area contributed by atoms with Crippen molar-refractivity contribution in [2.75, 3.05) is 6.54 Å². The molecule has 2 heterocycles. The molecule has 8 nitrogen and oxygen atoms in total. The van der Waals surface area contributed by atoms with E-state index in [0.29, 0.717) is 31.1 Å². The lowest BCUT2D eigenvalue weighted by Crippen LogP contribution is -2.58. The van der Waals surface area contributed by atoms with Crippen LogP contribution in [0.4, 0.5) is 0 Å². The number of allylic oxidation sites excluding steroid dienone is 1. The van der Waals surface area contributed by atoms with Crippen molar-refractivity contribution in [3.63, 3.8) is 0 Å². The number of aryl methyl sites for hydroxylation is 1. The molecule has 5 N–H and O–H groups in total. The van der Waals surface area contributed by atoms with Crippen LogP contribution in [0.3, 0.4) is 0 Å². The van der Waals surface area contributed by atoms with Crippen molar-refractivity contribution < 1.29 is 9.59 Å². The van der Waals surface area contributed by atoms with Gasteiger partial charge in [-0.2, -0.15) is 0 Å². The standard InChI is InChI=1S/C27H38N6O2S/c1-17-23(36-16-31-17)20-9-7-18(8-10-20)14-30-25(34)22-6-5-13-32(22)26(35)24(27(2,3)4)33(29)15-21(28)19-11-12-19/h7-10,15-16,19,22,24H,5-6,11-14,28-29H2,1-4H3,(H,30,34)/b21-15-/t22?,24-/m1/s1. The summed E-state index contributed by atoms with van der Waals surface area (Å²) < 4.78 is 0. The molecule has 2 aliphatic rings. The molecule has 36 heavy (non-hydrogen) atoms.